The van der Waals surface area contributed by atoms with Crippen LogP contribution in [0, 0.1) is 5.92 Å². The molecule has 6 nitrogen and oxygen atoms in total. The zero-order valence-electron chi connectivity index (χ0n) is 14.3. The highest BCUT2D eigenvalue weighted by Crippen LogP contribution is 2.19. The van der Waals surface area contributed by atoms with Crippen LogP contribution in [0.4, 0.5) is 0 Å². The lowest BCUT2D eigenvalue weighted by Crippen LogP contribution is -2.50. The highest BCUT2D eigenvalue weighted by molar-refractivity contribution is 5.87. The van der Waals surface area contributed by atoms with Gasteiger partial charge in [-0.25, -0.2) is 0 Å². The van der Waals surface area contributed by atoms with Crippen LogP contribution in [-0.4, -0.2) is 33.9 Å². The van der Waals surface area contributed by atoms with Crippen molar-refractivity contribution in [1.29, 1.82) is 0 Å². The first kappa shape index (κ1) is 17.2. The molecule has 1 aliphatic heterocycles. The lowest BCUT2D eigenvalue weighted by molar-refractivity contribution is -0.137. The second-order valence-electron chi connectivity index (χ2n) is 6.67. The van der Waals surface area contributed by atoms with Crippen LogP contribution in [0.1, 0.15) is 38.3 Å². The predicted octanol–water partition coefficient (Wildman–Crippen LogP) is 0.821. The first-order chi connectivity index (χ1) is 10.8. The van der Waals surface area contributed by atoms with Crippen molar-refractivity contribution in [1.82, 2.24) is 14.8 Å². The summed E-state index contributed by atoms with van der Waals surface area (Å²) in [6, 6.07) is 1.16. The van der Waals surface area contributed by atoms with Crippen LogP contribution >= 0.6 is 0 Å². The van der Waals surface area contributed by atoms with Crippen LogP contribution in [0.3, 0.4) is 0 Å². The van der Waals surface area contributed by atoms with E-state index in [9.17, 15) is 14.4 Å². The molecule has 0 bridgehead atoms. The van der Waals surface area contributed by atoms with Crippen molar-refractivity contribution in [2.24, 2.45) is 13.0 Å². The number of carbonyl (C=O) groups is 2. The maximum absolute atomic E-state index is 12.8. The van der Waals surface area contributed by atoms with Crippen molar-refractivity contribution < 1.29 is 9.59 Å². The molecule has 23 heavy (non-hydrogen) atoms. The van der Waals surface area contributed by atoms with Gasteiger partial charge in [0.2, 0.25) is 11.8 Å². The van der Waals surface area contributed by atoms with Gasteiger partial charge < -0.3 is 14.8 Å². The molecule has 0 saturated heterocycles. The van der Waals surface area contributed by atoms with Crippen LogP contribution in [0.5, 0.6) is 0 Å². The van der Waals surface area contributed by atoms with E-state index in [1.165, 1.54) is 11.5 Å². The average Bonchev–Trinajstić information content (AvgIpc) is 2.45. The number of nitrogens with zero attached hydrogens (tertiary/aromatic N) is 2. The van der Waals surface area contributed by atoms with Crippen LogP contribution in [0.15, 0.2) is 17.1 Å². The Labute approximate surface area is 136 Å². The van der Waals surface area contributed by atoms with Gasteiger partial charge in [-0.2, -0.15) is 0 Å². The molecule has 0 aromatic carbocycles. The zero-order chi connectivity index (χ0) is 17.1. The summed E-state index contributed by atoms with van der Waals surface area (Å²) in [5, 5.41) is 2.77. The zero-order valence-corrected chi connectivity index (χ0v) is 14.3. The van der Waals surface area contributed by atoms with Gasteiger partial charge in [0.1, 0.15) is 6.04 Å². The number of amides is 2. The average molecular weight is 319 g/mol. The summed E-state index contributed by atoms with van der Waals surface area (Å²) in [5.41, 5.74) is 1.98. The topological polar surface area (TPSA) is 71.4 Å². The molecule has 1 atom stereocenters. The van der Waals surface area contributed by atoms with Gasteiger partial charge in [-0.05, 0) is 29.9 Å². The van der Waals surface area contributed by atoms with Gasteiger partial charge in [-0.3, -0.25) is 14.4 Å². The Bertz CT molecular complexity index is 664. The van der Waals surface area contributed by atoms with Crippen molar-refractivity contribution in [2.75, 3.05) is 6.54 Å². The molecule has 1 aromatic rings. The summed E-state index contributed by atoms with van der Waals surface area (Å²) < 4.78 is 1.53. The third-order valence-electron chi connectivity index (χ3n) is 4.11. The number of rotatable bonds is 4. The Balaban J connectivity index is 2.17. The molecule has 2 rings (SSSR count). The molecular weight excluding hydrogens is 294 g/mol. The van der Waals surface area contributed by atoms with Crippen LogP contribution < -0.4 is 10.9 Å². The summed E-state index contributed by atoms with van der Waals surface area (Å²) in [5.74, 6) is 0.0749. The largest absolute Gasteiger partial charge is 0.345 e. The molecule has 0 radical (unpaired) electrons. The van der Waals surface area contributed by atoms with Gasteiger partial charge in [-0.1, -0.05) is 13.8 Å². The molecular formula is C17H25N3O3. The van der Waals surface area contributed by atoms with Gasteiger partial charge in [-0.15, -0.1) is 0 Å². The van der Waals surface area contributed by atoms with E-state index in [0.717, 1.165) is 11.1 Å². The summed E-state index contributed by atoms with van der Waals surface area (Å²) in [7, 11) is 1.71. The molecule has 2 amide bonds. The standard InChI is InChI=1S/C17H25N3O3/c1-11(2)7-15(18-12(3)21)17(23)20-6-5-13-8-16(22)19(4)9-14(13)10-20/h8-9,11,15H,5-7,10H2,1-4H3,(H,18,21)/t15-/m0/s1. The van der Waals surface area contributed by atoms with Crippen LogP contribution in [0.2, 0.25) is 0 Å². The molecule has 6 heteroatoms. The first-order valence-corrected chi connectivity index (χ1v) is 8.02. The molecule has 1 aliphatic rings. The molecule has 0 fully saturated rings. The van der Waals surface area contributed by atoms with Crippen molar-refractivity contribution in [2.45, 2.75) is 46.2 Å². The van der Waals surface area contributed by atoms with Gasteiger partial charge in [0.25, 0.3) is 5.56 Å². The van der Waals surface area contributed by atoms with E-state index >= 15 is 0 Å². The Morgan fingerprint density at radius 3 is 2.61 bits per heavy atom. The number of nitrogens with one attached hydrogen (secondary N) is 1. The molecule has 1 N–H and O–H groups in total. The number of pyridine rings is 1. The number of aromatic nitrogens is 1. The monoisotopic (exact) mass is 319 g/mol. The van der Waals surface area contributed by atoms with Crippen molar-refractivity contribution in [3.8, 4) is 0 Å². The maximum Gasteiger partial charge on any atom is 0.250 e. The quantitative estimate of drug-likeness (QED) is 0.893. The highest BCUT2D eigenvalue weighted by Gasteiger charge is 2.28. The molecule has 0 spiro atoms. The fraction of sp³-hybridized carbons (Fsp3) is 0.588. The fourth-order valence-corrected chi connectivity index (χ4v) is 2.99. The number of hydrogen-bond acceptors (Lipinski definition) is 3. The third kappa shape index (κ3) is 4.21. The Hall–Kier alpha value is -2.11. The minimum atomic E-state index is -0.485. The van der Waals surface area contributed by atoms with Crippen molar-refractivity contribution >= 4 is 11.8 Å². The number of carbonyl (C=O) groups excluding carboxylic acids is 2. The minimum absolute atomic E-state index is 0.0283. The summed E-state index contributed by atoms with van der Waals surface area (Å²) in [6.45, 7) is 6.55. The van der Waals surface area contributed by atoms with Crippen LogP contribution in [0.25, 0.3) is 0 Å². The molecule has 0 aliphatic carbocycles. The number of aryl methyl sites for hydroxylation is 1. The minimum Gasteiger partial charge on any atom is -0.345 e. The first-order valence-electron chi connectivity index (χ1n) is 8.02. The second kappa shape index (κ2) is 6.98. The van der Waals surface area contributed by atoms with E-state index in [1.54, 1.807) is 24.2 Å². The Morgan fingerprint density at radius 1 is 1.30 bits per heavy atom. The molecule has 1 aromatic heterocycles. The summed E-state index contributed by atoms with van der Waals surface area (Å²) in [4.78, 5) is 37.6. The highest BCUT2D eigenvalue weighted by atomic mass is 16.2. The molecule has 0 unspecified atom stereocenters. The molecule has 0 saturated carbocycles. The molecule has 2 heterocycles. The summed E-state index contributed by atoms with van der Waals surface area (Å²) in [6.07, 6.45) is 3.09. The lowest BCUT2D eigenvalue weighted by Gasteiger charge is -2.32. The van der Waals surface area contributed by atoms with E-state index < -0.39 is 6.04 Å². The van der Waals surface area contributed by atoms with Gasteiger partial charge in [0, 0.05) is 39.3 Å². The SMILES string of the molecule is CC(=O)N[C@@H](CC(C)C)C(=O)N1CCc2cc(=O)n(C)cc2C1. The van der Waals surface area contributed by atoms with E-state index in [4.69, 9.17) is 0 Å². The summed E-state index contributed by atoms with van der Waals surface area (Å²) >= 11 is 0. The predicted molar refractivity (Wildman–Crippen MR) is 87.9 cm³/mol. The van der Waals surface area contributed by atoms with E-state index in [2.05, 4.69) is 5.32 Å². The fourth-order valence-electron chi connectivity index (χ4n) is 2.99. The lowest BCUT2D eigenvalue weighted by atomic mass is 9.98. The Morgan fingerprint density at radius 2 is 2.00 bits per heavy atom. The van der Waals surface area contributed by atoms with Gasteiger partial charge in [0.05, 0.1) is 0 Å². The normalized spacial score (nSPS) is 15.3. The van der Waals surface area contributed by atoms with Crippen LogP contribution in [-0.2, 0) is 29.6 Å². The smallest absolute Gasteiger partial charge is 0.250 e. The van der Waals surface area contributed by atoms with Gasteiger partial charge in [0.15, 0.2) is 0 Å². The van der Waals surface area contributed by atoms with E-state index in [-0.39, 0.29) is 17.4 Å². The third-order valence-corrected chi connectivity index (χ3v) is 4.11. The van der Waals surface area contributed by atoms with Gasteiger partial charge >= 0.3 is 0 Å². The number of hydrogen-bond donors (Lipinski definition) is 1. The second-order valence-corrected chi connectivity index (χ2v) is 6.67. The van der Waals surface area contributed by atoms with Crippen molar-refractivity contribution in [3.05, 3.63) is 33.7 Å². The van der Waals surface area contributed by atoms with E-state index in [0.29, 0.717) is 31.8 Å². The number of fused-ring (bicyclic) bond motifs is 1. The molecule has 126 valence electrons. The van der Waals surface area contributed by atoms with Crippen molar-refractivity contribution in [3.63, 3.8) is 0 Å². The van der Waals surface area contributed by atoms with E-state index in [1.807, 2.05) is 13.8 Å². The Kier molecular flexibility index (Phi) is 5.23. The maximum atomic E-state index is 12.8.